The van der Waals surface area contributed by atoms with Crippen molar-refractivity contribution in [3.05, 3.63) is 28.2 Å². The van der Waals surface area contributed by atoms with Gasteiger partial charge in [-0.1, -0.05) is 20.4 Å². The van der Waals surface area contributed by atoms with Crippen molar-refractivity contribution in [2.24, 2.45) is 0 Å². The second-order valence-corrected chi connectivity index (χ2v) is 5.93. The molecule has 7 heteroatoms. The molecule has 0 saturated heterocycles. The highest BCUT2D eigenvalue weighted by molar-refractivity contribution is 9.10. The first-order valence-corrected chi connectivity index (χ1v) is 7.14. The summed E-state index contributed by atoms with van der Waals surface area (Å²) in [5, 5.41) is 8.66. The van der Waals surface area contributed by atoms with E-state index < -0.39 is 16.0 Å². The first kappa shape index (κ1) is 17.1. The number of hydrogen-bond acceptors (Lipinski definition) is 3. The zero-order valence-corrected chi connectivity index (χ0v) is 11.5. The summed E-state index contributed by atoms with van der Waals surface area (Å²) >= 11 is 3.14. The van der Waals surface area contributed by atoms with Gasteiger partial charge >= 0.3 is 5.97 Å². The Morgan fingerprint density at radius 3 is 2.56 bits per heavy atom. The van der Waals surface area contributed by atoms with Gasteiger partial charge in [0.15, 0.2) is 0 Å². The Bertz CT molecular complexity index is 528. The Morgan fingerprint density at radius 1 is 1.44 bits per heavy atom. The van der Waals surface area contributed by atoms with E-state index in [0.717, 1.165) is 0 Å². The third kappa shape index (κ3) is 4.40. The van der Waals surface area contributed by atoms with E-state index >= 15 is 0 Å². The number of carboxylic acids is 1. The summed E-state index contributed by atoms with van der Waals surface area (Å²) in [6, 6.07) is 4.46. The Balaban J connectivity index is 0.00000289. The third-order valence-electron chi connectivity index (χ3n) is 1.97. The lowest BCUT2D eigenvalue weighted by atomic mass is 10.2. The summed E-state index contributed by atoms with van der Waals surface area (Å²) in [5.74, 6) is -1.00. The van der Waals surface area contributed by atoms with E-state index in [1.807, 2.05) is 0 Å². The lowest BCUT2D eigenvalue weighted by Crippen LogP contribution is -2.23. The van der Waals surface area contributed by atoms with Crippen LogP contribution in [0.15, 0.2) is 27.6 Å². The van der Waals surface area contributed by atoms with Crippen molar-refractivity contribution in [3.63, 3.8) is 0 Å². The van der Waals surface area contributed by atoms with Crippen LogP contribution in [0.4, 0.5) is 0 Å². The van der Waals surface area contributed by atoms with Gasteiger partial charge in [-0.3, -0.25) is 4.79 Å². The average Bonchev–Trinajstić information content (AvgIpc) is 2.20. The summed E-state index contributed by atoms with van der Waals surface area (Å²) in [7, 11) is -3.59. The number of sulfonamides is 1. The van der Waals surface area contributed by atoms with Gasteiger partial charge in [-0.05, 0) is 33.6 Å². The molecule has 0 aromatic heterocycles. The number of rotatable bonds is 5. The minimum absolute atomic E-state index is 0. The topological polar surface area (TPSA) is 83.5 Å². The minimum Gasteiger partial charge on any atom is -0.481 e. The molecule has 0 unspecified atom stereocenters. The molecule has 102 valence electrons. The number of aliphatic carboxylic acids is 1. The van der Waals surface area contributed by atoms with Crippen molar-refractivity contribution < 1.29 is 18.3 Å². The highest BCUT2D eigenvalue weighted by Gasteiger charge is 2.17. The molecule has 1 rings (SSSR count). The maximum atomic E-state index is 11.8. The Labute approximate surface area is 115 Å². The van der Waals surface area contributed by atoms with Crippen LogP contribution in [-0.2, 0) is 21.2 Å². The van der Waals surface area contributed by atoms with Gasteiger partial charge in [0.1, 0.15) is 0 Å². The maximum absolute atomic E-state index is 11.8. The van der Waals surface area contributed by atoms with Crippen LogP contribution in [0.1, 0.15) is 19.9 Å². The van der Waals surface area contributed by atoms with Crippen LogP contribution < -0.4 is 4.72 Å². The van der Waals surface area contributed by atoms with Crippen molar-refractivity contribution in [2.75, 3.05) is 6.54 Å². The standard InChI is InChI=1S/C10H12BrNO4S.CH4/c1-2-12-17(15,16)9-5-7(6-10(13)14)3-4-8(9)11;/h3-5,12H,2,6H2,1H3,(H,13,14);1H4. The summed E-state index contributed by atoms with van der Waals surface area (Å²) < 4.78 is 26.4. The van der Waals surface area contributed by atoms with Gasteiger partial charge in [0.05, 0.1) is 11.3 Å². The number of nitrogens with one attached hydrogen (secondary N) is 1. The van der Waals surface area contributed by atoms with Crippen molar-refractivity contribution in [1.82, 2.24) is 4.72 Å². The zero-order chi connectivity index (χ0) is 13.1. The second-order valence-electron chi connectivity index (χ2n) is 3.34. The van der Waals surface area contributed by atoms with Crippen LogP contribution in [0, 0.1) is 0 Å². The molecule has 1 aromatic carbocycles. The fourth-order valence-corrected chi connectivity index (χ4v) is 3.36. The van der Waals surface area contributed by atoms with Crippen molar-refractivity contribution in [1.29, 1.82) is 0 Å². The molecule has 0 radical (unpaired) electrons. The smallest absolute Gasteiger partial charge is 0.307 e. The van der Waals surface area contributed by atoms with Gasteiger partial charge in [0, 0.05) is 11.0 Å². The molecule has 18 heavy (non-hydrogen) atoms. The number of carbonyl (C=O) groups is 1. The van der Waals surface area contributed by atoms with E-state index in [0.29, 0.717) is 10.0 Å². The highest BCUT2D eigenvalue weighted by atomic mass is 79.9. The molecule has 0 bridgehead atoms. The molecule has 0 amide bonds. The van der Waals surface area contributed by atoms with E-state index in [4.69, 9.17) is 5.11 Å². The molecule has 0 saturated carbocycles. The molecular formula is C11H16BrNO4S. The molecule has 0 aliphatic rings. The molecule has 0 atom stereocenters. The van der Waals surface area contributed by atoms with Crippen LogP contribution in [0.25, 0.3) is 0 Å². The van der Waals surface area contributed by atoms with Crippen molar-refractivity contribution in [3.8, 4) is 0 Å². The number of carboxylic acid groups (broad SMARTS) is 1. The predicted octanol–water partition coefficient (Wildman–Crippen LogP) is 2.01. The van der Waals surface area contributed by atoms with Crippen LogP contribution in [0.3, 0.4) is 0 Å². The number of halogens is 1. The van der Waals surface area contributed by atoms with Gasteiger partial charge in [-0.25, -0.2) is 13.1 Å². The van der Waals surface area contributed by atoms with E-state index in [9.17, 15) is 13.2 Å². The Hall–Kier alpha value is -0.920. The van der Waals surface area contributed by atoms with Gasteiger partial charge in [-0.15, -0.1) is 0 Å². The average molecular weight is 338 g/mol. The molecule has 0 aliphatic heterocycles. The monoisotopic (exact) mass is 337 g/mol. The second kappa shape index (κ2) is 6.86. The molecular weight excluding hydrogens is 322 g/mol. The molecule has 2 N–H and O–H groups in total. The highest BCUT2D eigenvalue weighted by Crippen LogP contribution is 2.23. The lowest BCUT2D eigenvalue weighted by Gasteiger charge is -2.08. The van der Waals surface area contributed by atoms with Crippen LogP contribution in [0.2, 0.25) is 0 Å². The molecule has 0 fully saturated rings. The lowest BCUT2D eigenvalue weighted by molar-refractivity contribution is -0.136. The molecule has 5 nitrogen and oxygen atoms in total. The predicted molar refractivity (Wildman–Crippen MR) is 73.1 cm³/mol. The summed E-state index contributed by atoms with van der Waals surface area (Å²) in [6.07, 6.45) is -0.206. The van der Waals surface area contributed by atoms with E-state index in [-0.39, 0.29) is 25.3 Å². The molecule has 0 spiro atoms. The number of hydrogen-bond donors (Lipinski definition) is 2. The normalized spacial score (nSPS) is 10.8. The zero-order valence-electron chi connectivity index (χ0n) is 9.10. The Kier molecular flexibility index (Phi) is 6.51. The van der Waals surface area contributed by atoms with Gasteiger partial charge in [0.2, 0.25) is 10.0 Å². The van der Waals surface area contributed by atoms with Crippen LogP contribution in [0.5, 0.6) is 0 Å². The SMILES string of the molecule is C.CCNS(=O)(=O)c1cc(CC(=O)O)ccc1Br. The molecule has 0 heterocycles. The van der Waals surface area contributed by atoms with Gasteiger partial charge in [0.25, 0.3) is 0 Å². The fraction of sp³-hybridized carbons (Fsp3) is 0.364. The minimum atomic E-state index is -3.59. The van der Waals surface area contributed by atoms with E-state index in [1.165, 1.54) is 12.1 Å². The first-order valence-electron chi connectivity index (χ1n) is 4.86. The van der Waals surface area contributed by atoms with Crippen molar-refractivity contribution in [2.45, 2.75) is 25.7 Å². The van der Waals surface area contributed by atoms with Gasteiger partial charge in [-0.2, -0.15) is 0 Å². The third-order valence-corrected chi connectivity index (χ3v) is 4.51. The van der Waals surface area contributed by atoms with Crippen molar-refractivity contribution >= 4 is 31.9 Å². The maximum Gasteiger partial charge on any atom is 0.307 e. The number of benzene rings is 1. The largest absolute Gasteiger partial charge is 0.481 e. The quantitative estimate of drug-likeness (QED) is 0.860. The van der Waals surface area contributed by atoms with Gasteiger partial charge < -0.3 is 5.11 Å². The molecule has 0 aliphatic carbocycles. The van der Waals surface area contributed by atoms with E-state index in [1.54, 1.807) is 13.0 Å². The van der Waals surface area contributed by atoms with Crippen LogP contribution in [-0.4, -0.2) is 26.0 Å². The summed E-state index contributed by atoms with van der Waals surface area (Å²) in [5.41, 5.74) is 0.442. The van der Waals surface area contributed by atoms with E-state index in [2.05, 4.69) is 20.7 Å². The van der Waals surface area contributed by atoms with Crippen LogP contribution >= 0.6 is 15.9 Å². The summed E-state index contributed by atoms with van der Waals surface area (Å²) in [4.78, 5) is 10.6. The molecule has 1 aromatic rings. The summed E-state index contributed by atoms with van der Waals surface area (Å²) in [6.45, 7) is 1.95. The fourth-order valence-electron chi connectivity index (χ4n) is 1.31. The first-order chi connectivity index (χ1) is 7.86. The Morgan fingerprint density at radius 2 is 2.06 bits per heavy atom.